The molecule has 0 bridgehead atoms. The summed E-state index contributed by atoms with van der Waals surface area (Å²) in [6, 6.07) is 5.12. The first-order valence-corrected chi connectivity index (χ1v) is 6.81. The molecular formula is C16H22N2O3. The molecule has 5 nitrogen and oxygen atoms in total. The van der Waals surface area contributed by atoms with Crippen molar-refractivity contribution >= 4 is 17.6 Å². The number of likely N-dealkylation sites (N-methyl/N-ethyl adjacent to an activating group) is 1. The van der Waals surface area contributed by atoms with Gasteiger partial charge >= 0.3 is 5.97 Å². The van der Waals surface area contributed by atoms with Gasteiger partial charge in [-0.1, -0.05) is 24.3 Å². The standard InChI is InChI=1S/C16H22N2O3/c1-5-18(9-11(2)3)14(19)10-21-16(20)13-8-6-7-12(4)15(13)17/h6-8H,2,5,9-10,17H2,1,3-4H3. The number of hydrogen-bond donors (Lipinski definition) is 1. The Balaban J connectivity index is 2.66. The largest absolute Gasteiger partial charge is 0.452 e. The minimum Gasteiger partial charge on any atom is -0.452 e. The van der Waals surface area contributed by atoms with E-state index < -0.39 is 5.97 Å². The van der Waals surface area contributed by atoms with Crippen molar-refractivity contribution in [3.8, 4) is 0 Å². The number of nitrogen functional groups attached to an aromatic ring is 1. The number of rotatable bonds is 6. The van der Waals surface area contributed by atoms with Gasteiger partial charge in [0.2, 0.25) is 0 Å². The summed E-state index contributed by atoms with van der Waals surface area (Å²) in [5.41, 5.74) is 8.17. The number of aryl methyl sites for hydroxylation is 1. The van der Waals surface area contributed by atoms with Crippen molar-refractivity contribution in [1.82, 2.24) is 4.90 Å². The summed E-state index contributed by atoms with van der Waals surface area (Å²) in [4.78, 5) is 25.5. The first-order chi connectivity index (χ1) is 9.86. The molecule has 21 heavy (non-hydrogen) atoms. The molecule has 1 rings (SSSR count). The molecule has 2 N–H and O–H groups in total. The topological polar surface area (TPSA) is 72.6 Å². The van der Waals surface area contributed by atoms with Crippen LogP contribution in [-0.4, -0.2) is 36.5 Å². The Kier molecular flexibility index (Phi) is 5.96. The van der Waals surface area contributed by atoms with E-state index in [2.05, 4.69) is 6.58 Å². The van der Waals surface area contributed by atoms with Gasteiger partial charge in [-0.15, -0.1) is 0 Å². The lowest BCUT2D eigenvalue weighted by atomic mass is 10.1. The van der Waals surface area contributed by atoms with Crippen molar-refractivity contribution < 1.29 is 14.3 Å². The maximum Gasteiger partial charge on any atom is 0.340 e. The Bertz CT molecular complexity index is 552. The second-order valence-corrected chi connectivity index (χ2v) is 4.98. The van der Waals surface area contributed by atoms with Crippen molar-refractivity contribution in [1.29, 1.82) is 0 Å². The normalized spacial score (nSPS) is 10.0. The summed E-state index contributed by atoms with van der Waals surface area (Å²) in [7, 11) is 0. The molecule has 0 aliphatic carbocycles. The van der Waals surface area contributed by atoms with Crippen molar-refractivity contribution in [2.45, 2.75) is 20.8 Å². The number of esters is 1. The van der Waals surface area contributed by atoms with E-state index in [4.69, 9.17) is 10.5 Å². The highest BCUT2D eigenvalue weighted by molar-refractivity contribution is 5.96. The molecule has 1 amide bonds. The molecule has 0 radical (unpaired) electrons. The highest BCUT2D eigenvalue weighted by Crippen LogP contribution is 2.17. The van der Waals surface area contributed by atoms with Gasteiger partial charge in [-0.05, 0) is 32.4 Å². The monoisotopic (exact) mass is 290 g/mol. The summed E-state index contributed by atoms with van der Waals surface area (Å²) < 4.78 is 5.05. The first-order valence-electron chi connectivity index (χ1n) is 6.81. The molecule has 0 aliphatic heterocycles. The van der Waals surface area contributed by atoms with Crippen molar-refractivity contribution in [3.05, 3.63) is 41.5 Å². The fourth-order valence-electron chi connectivity index (χ4n) is 1.86. The number of carbonyl (C=O) groups excluding carboxylic acids is 2. The van der Waals surface area contributed by atoms with Crippen LogP contribution in [0.1, 0.15) is 29.8 Å². The van der Waals surface area contributed by atoms with Crippen molar-refractivity contribution in [2.24, 2.45) is 0 Å². The van der Waals surface area contributed by atoms with Crippen LogP contribution < -0.4 is 5.73 Å². The summed E-state index contributed by atoms with van der Waals surface area (Å²) in [5.74, 6) is -0.837. The van der Waals surface area contributed by atoms with Gasteiger partial charge in [-0.25, -0.2) is 4.79 Å². The summed E-state index contributed by atoms with van der Waals surface area (Å²) in [6.45, 7) is 9.98. The molecule has 0 saturated heterocycles. The van der Waals surface area contributed by atoms with Crippen LogP contribution in [0, 0.1) is 6.92 Å². The maximum absolute atomic E-state index is 12.0. The summed E-state index contributed by atoms with van der Waals surface area (Å²) in [5, 5.41) is 0. The molecule has 0 spiro atoms. The van der Waals surface area contributed by atoms with E-state index in [1.807, 2.05) is 26.8 Å². The fraction of sp³-hybridized carbons (Fsp3) is 0.375. The van der Waals surface area contributed by atoms with Gasteiger partial charge in [0.15, 0.2) is 6.61 Å². The highest BCUT2D eigenvalue weighted by atomic mass is 16.5. The van der Waals surface area contributed by atoms with Crippen LogP contribution in [0.4, 0.5) is 5.69 Å². The number of nitrogens with zero attached hydrogens (tertiary/aromatic N) is 1. The van der Waals surface area contributed by atoms with Gasteiger partial charge in [-0.3, -0.25) is 4.79 Å². The van der Waals surface area contributed by atoms with Gasteiger partial charge in [0.1, 0.15) is 0 Å². The smallest absolute Gasteiger partial charge is 0.340 e. The van der Waals surface area contributed by atoms with Gasteiger partial charge in [-0.2, -0.15) is 0 Å². The van der Waals surface area contributed by atoms with Crippen LogP contribution in [0.5, 0.6) is 0 Å². The third-order valence-electron chi connectivity index (χ3n) is 3.07. The zero-order valence-corrected chi connectivity index (χ0v) is 12.8. The van der Waals surface area contributed by atoms with E-state index in [1.165, 1.54) is 0 Å². The minimum atomic E-state index is -0.587. The Morgan fingerprint density at radius 3 is 2.62 bits per heavy atom. The van der Waals surface area contributed by atoms with E-state index in [1.54, 1.807) is 17.0 Å². The lowest BCUT2D eigenvalue weighted by molar-refractivity contribution is -0.133. The number of ether oxygens (including phenoxy) is 1. The molecule has 114 valence electrons. The third kappa shape index (κ3) is 4.63. The van der Waals surface area contributed by atoms with Crippen LogP contribution in [0.3, 0.4) is 0 Å². The number of benzene rings is 1. The fourth-order valence-corrected chi connectivity index (χ4v) is 1.86. The number of amides is 1. The quantitative estimate of drug-likeness (QED) is 0.495. The number of carbonyl (C=O) groups is 2. The maximum atomic E-state index is 12.0. The molecule has 0 unspecified atom stereocenters. The summed E-state index contributed by atoms with van der Waals surface area (Å²) >= 11 is 0. The van der Waals surface area contributed by atoms with Crippen molar-refractivity contribution in [2.75, 3.05) is 25.4 Å². The lowest BCUT2D eigenvalue weighted by Crippen LogP contribution is -2.35. The van der Waals surface area contributed by atoms with Crippen LogP contribution in [-0.2, 0) is 9.53 Å². The third-order valence-corrected chi connectivity index (χ3v) is 3.07. The molecule has 0 aliphatic rings. The molecule has 0 aromatic heterocycles. The Labute approximate surface area is 125 Å². The Morgan fingerprint density at radius 1 is 1.38 bits per heavy atom. The van der Waals surface area contributed by atoms with Crippen LogP contribution >= 0.6 is 0 Å². The van der Waals surface area contributed by atoms with E-state index in [0.717, 1.165) is 11.1 Å². The second kappa shape index (κ2) is 7.47. The number of nitrogens with two attached hydrogens (primary N) is 1. The van der Waals surface area contributed by atoms with E-state index in [9.17, 15) is 9.59 Å². The Hall–Kier alpha value is -2.30. The molecule has 0 fully saturated rings. The molecule has 5 heteroatoms. The Morgan fingerprint density at radius 2 is 2.05 bits per heavy atom. The van der Waals surface area contributed by atoms with Gasteiger partial charge in [0.25, 0.3) is 5.91 Å². The number of anilines is 1. The average Bonchev–Trinajstić information content (AvgIpc) is 2.44. The van der Waals surface area contributed by atoms with E-state index in [0.29, 0.717) is 18.8 Å². The molecule has 0 atom stereocenters. The van der Waals surface area contributed by atoms with Crippen LogP contribution in [0.15, 0.2) is 30.4 Å². The molecular weight excluding hydrogens is 268 g/mol. The number of hydrogen-bond acceptors (Lipinski definition) is 4. The van der Waals surface area contributed by atoms with Gasteiger partial charge < -0.3 is 15.4 Å². The van der Waals surface area contributed by atoms with Gasteiger partial charge in [0, 0.05) is 18.8 Å². The SMILES string of the molecule is C=C(C)CN(CC)C(=O)COC(=O)c1cccc(C)c1N. The van der Waals surface area contributed by atoms with Crippen LogP contribution in [0.25, 0.3) is 0 Å². The zero-order chi connectivity index (χ0) is 16.0. The average molecular weight is 290 g/mol. The van der Waals surface area contributed by atoms with E-state index >= 15 is 0 Å². The number of para-hydroxylation sites is 1. The van der Waals surface area contributed by atoms with E-state index in [-0.39, 0.29) is 18.1 Å². The van der Waals surface area contributed by atoms with Crippen LogP contribution in [0.2, 0.25) is 0 Å². The predicted octanol–water partition coefficient (Wildman–Crippen LogP) is 2.16. The van der Waals surface area contributed by atoms with Crippen molar-refractivity contribution in [3.63, 3.8) is 0 Å². The molecule has 0 heterocycles. The lowest BCUT2D eigenvalue weighted by Gasteiger charge is -2.20. The predicted molar refractivity (Wildman–Crippen MR) is 82.9 cm³/mol. The zero-order valence-electron chi connectivity index (χ0n) is 12.8. The highest BCUT2D eigenvalue weighted by Gasteiger charge is 2.17. The van der Waals surface area contributed by atoms with Gasteiger partial charge in [0.05, 0.1) is 5.56 Å². The minimum absolute atomic E-state index is 0.250. The molecule has 1 aromatic rings. The molecule has 1 aromatic carbocycles. The molecule has 0 saturated carbocycles. The second-order valence-electron chi connectivity index (χ2n) is 4.98. The summed E-state index contributed by atoms with van der Waals surface area (Å²) in [6.07, 6.45) is 0. The first kappa shape index (κ1) is 16.8.